The van der Waals surface area contributed by atoms with E-state index < -0.39 is 5.82 Å². The lowest BCUT2D eigenvalue weighted by Gasteiger charge is -2.13. The topological polar surface area (TPSA) is 69.9 Å². The van der Waals surface area contributed by atoms with Crippen molar-refractivity contribution in [1.82, 2.24) is 14.4 Å². The molecule has 34 heavy (non-hydrogen) atoms. The Bertz CT molecular complexity index is 1450. The van der Waals surface area contributed by atoms with E-state index in [4.69, 9.17) is 19.2 Å². The molecule has 0 fully saturated rings. The fraction of sp³-hybridized carbons (Fsp3) is 0.154. The summed E-state index contributed by atoms with van der Waals surface area (Å²) in [7, 11) is 3.21. The van der Waals surface area contributed by atoms with Crippen LogP contribution in [0.2, 0.25) is 0 Å². The van der Waals surface area contributed by atoms with E-state index in [1.165, 1.54) is 6.07 Å². The zero-order valence-electron chi connectivity index (χ0n) is 18.8. The van der Waals surface area contributed by atoms with Gasteiger partial charge >= 0.3 is 0 Å². The molecule has 0 unspecified atom stereocenters. The Balaban J connectivity index is 1.51. The molecular weight excluding hydrogens is 435 g/mol. The molecule has 7 nitrogen and oxygen atoms in total. The standard InChI is InChI=1S/C26H23FN4O3/c1-32-20-12-11-17(23(13-20)33-2)14-28-26-30-24-21(9-6-10-22(24)27)25-29-18(15-31(25)26)16-34-19-7-4-3-5-8-19/h3-13,15H,14,16H2,1-2H3,(H,28,30). The third-order valence-electron chi connectivity index (χ3n) is 5.49. The Labute approximate surface area is 195 Å². The van der Waals surface area contributed by atoms with Crippen LogP contribution < -0.4 is 19.5 Å². The van der Waals surface area contributed by atoms with Crippen molar-refractivity contribution < 1.29 is 18.6 Å². The van der Waals surface area contributed by atoms with Crippen LogP contribution in [-0.2, 0) is 13.2 Å². The number of anilines is 1. The van der Waals surface area contributed by atoms with Crippen molar-refractivity contribution in [3.63, 3.8) is 0 Å². The van der Waals surface area contributed by atoms with Crippen LogP contribution in [-0.4, -0.2) is 28.6 Å². The summed E-state index contributed by atoms with van der Waals surface area (Å²) in [4.78, 5) is 9.29. The van der Waals surface area contributed by atoms with Gasteiger partial charge in [0.2, 0.25) is 5.95 Å². The van der Waals surface area contributed by atoms with Crippen molar-refractivity contribution in [1.29, 1.82) is 0 Å². The quantitative estimate of drug-likeness (QED) is 0.343. The highest BCUT2D eigenvalue weighted by molar-refractivity contribution is 5.93. The summed E-state index contributed by atoms with van der Waals surface area (Å²) in [5, 5.41) is 3.93. The molecule has 1 N–H and O–H groups in total. The van der Waals surface area contributed by atoms with Gasteiger partial charge in [0.05, 0.1) is 19.9 Å². The first-order valence-corrected chi connectivity index (χ1v) is 10.7. The number of fused-ring (bicyclic) bond motifs is 3. The minimum atomic E-state index is -0.407. The molecule has 0 saturated carbocycles. The van der Waals surface area contributed by atoms with E-state index in [-0.39, 0.29) is 12.1 Å². The average molecular weight is 458 g/mol. The summed E-state index contributed by atoms with van der Waals surface area (Å²) in [6.07, 6.45) is 1.85. The van der Waals surface area contributed by atoms with Gasteiger partial charge in [-0.15, -0.1) is 0 Å². The second-order valence-corrected chi connectivity index (χ2v) is 7.63. The number of ether oxygens (including phenoxy) is 3. The van der Waals surface area contributed by atoms with Gasteiger partial charge in [0.1, 0.15) is 40.8 Å². The minimum absolute atomic E-state index is 0.250. The maximum atomic E-state index is 14.6. The van der Waals surface area contributed by atoms with Crippen LogP contribution >= 0.6 is 0 Å². The summed E-state index contributed by atoms with van der Waals surface area (Å²) in [5.41, 5.74) is 2.45. The van der Waals surface area contributed by atoms with Crippen LogP contribution in [0.25, 0.3) is 16.6 Å². The van der Waals surface area contributed by atoms with Gasteiger partial charge in [-0.2, -0.15) is 0 Å². The van der Waals surface area contributed by atoms with Gasteiger partial charge in [0.15, 0.2) is 0 Å². The van der Waals surface area contributed by atoms with Crippen molar-refractivity contribution >= 4 is 22.5 Å². The number of hydrogen-bond acceptors (Lipinski definition) is 6. The van der Waals surface area contributed by atoms with Crippen molar-refractivity contribution in [2.45, 2.75) is 13.2 Å². The van der Waals surface area contributed by atoms with Crippen molar-refractivity contribution in [3.8, 4) is 17.2 Å². The molecule has 0 aliphatic carbocycles. The smallest absolute Gasteiger partial charge is 0.209 e. The van der Waals surface area contributed by atoms with E-state index in [1.54, 1.807) is 20.3 Å². The number of nitrogens with zero attached hydrogens (tertiary/aromatic N) is 3. The van der Waals surface area contributed by atoms with E-state index in [0.717, 1.165) is 11.3 Å². The molecule has 0 atom stereocenters. The van der Waals surface area contributed by atoms with Crippen LogP contribution in [0.5, 0.6) is 17.2 Å². The van der Waals surface area contributed by atoms with Gasteiger partial charge in [0.25, 0.3) is 0 Å². The zero-order valence-corrected chi connectivity index (χ0v) is 18.8. The number of imidazole rings is 1. The van der Waals surface area contributed by atoms with Crippen LogP contribution in [0.1, 0.15) is 11.3 Å². The second kappa shape index (κ2) is 9.27. The molecule has 0 bridgehead atoms. The first-order chi connectivity index (χ1) is 16.7. The molecule has 2 aromatic heterocycles. The number of para-hydroxylation sites is 2. The summed E-state index contributed by atoms with van der Waals surface area (Å²) in [5.74, 6) is 2.18. The third kappa shape index (κ3) is 4.17. The molecular formula is C26H23FN4O3. The van der Waals surface area contributed by atoms with Crippen molar-refractivity contribution in [2.24, 2.45) is 0 Å². The first kappa shape index (κ1) is 21.5. The lowest BCUT2D eigenvalue weighted by molar-refractivity contribution is 0.302. The predicted molar refractivity (Wildman–Crippen MR) is 128 cm³/mol. The monoisotopic (exact) mass is 458 g/mol. The molecule has 0 aliphatic rings. The molecule has 8 heteroatoms. The number of nitrogens with one attached hydrogen (secondary N) is 1. The third-order valence-corrected chi connectivity index (χ3v) is 5.49. The Hall–Kier alpha value is -4.33. The fourth-order valence-electron chi connectivity index (χ4n) is 3.79. The van der Waals surface area contributed by atoms with Crippen LogP contribution in [0.3, 0.4) is 0 Å². The minimum Gasteiger partial charge on any atom is -0.497 e. The number of rotatable bonds is 8. The van der Waals surface area contributed by atoms with E-state index in [9.17, 15) is 4.39 Å². The zero-order chi connectivity index (χ0) is 23.5. The SMILES string of the molecule is COc1ccc(CNc2nc3c(F)cccc3c3nc(COc4ccccc4)cn23)c(OC)c1. The summed E-state index contributed by atoms with van der Waals surface area (Å²) in [6, 6.07) is 20.0. The second-order valence-electron chi connectivity index (χ2n) is 7.63. The first-order valence-electron chi connectivity index (χ1n) is 10.7. The predicted octanol–water partition coefficient (Wildman–Crippen LogP) is 5.23. The van der Waals surface area contributed by atoms with Gasteiger partial charge in [-0.05, 0) is 36.4 Å². The van der Waals surface area contributed by atoms with Gasteiger partial charge < -0.3 is 19.5 Å². The molecule has 172 valence electrons. The largest absolute Gasteiger partial charge is 0.497 e. The van der Waals surface area contributed by atoms with Crippen LogP contribution in [0.4, 0.5) is 10.3 Å². The van der Waals surface area contributed by atoms with Crippen molar-refractivity contribution in [2.75, 3.05) is 19.5 Å². The van der Waals surface area contributed by atoms with E-state index in [0.29, 0.717) is 40.7 Å². The Morgan fingerprint density at radius 2 is 1.76 bits per heavy atom. The normalized spacial score (nSPS) is 11.0. The number of methoxy groups -OCH3 is 2. The summed E-state index contributed by atoms with van der Waals surface area (Å²) < 4.78 is 33.1. The number of aromatic nitrogens is 3. The number of hydrogen-bond donors (Lipinski definition) is 1. The molecule has 5 rings (SSSR count). The van der Waals surface area contributed by atoms with Gasteiger partial charge in [-0.3, -0.25) is 4.40 Å². The Morgan fingerprint density at radius 3 is 2.56 bits per heavy atom. The van der Waals surface area contributed by atoms with Crippen LogP contribution in [0, 0.1) is 5.82 Å². The maximum Gasteiger partial charge on any atom is 0.209 e. The maximum absolute atomic E-state index is 14.6. The number of benzene rings is 3. The highest BCUT2D eigenvalue weighted by Crippen LogP contribution is 2.27. The molecule has 0 radical (unpaired) electrons. The van der Waals surface area contributed by atoms with Crippen molar-refractivity contribution in [3.05, 3.63) is 90.0 Å². The molecule has 3 aromatic carbocycles. The Kier molecular flexibility index (Phi) is 5.86. The average Bonchev–Trinajstić information content (AvgIpc) is 3.32. The highest BCUT2D eigenvalue weighted by Gasteiger charge is 2.15. The molecule has 0 saturated heterocycles. The molecule has 5 aromatic rings. The van der Waals surface area contributed by atoms with E-state index in [2.05, 4.69) is 10.3 Å². The number of halogens is 1. The van der Waals surface area contributed by atoms with E-state index >= 15 is 0 Å². The molecule has 0 amide bonds. The van der Waals surface area contributed by atoms with Crippen LogP contribution in [0.15, 0.2) is 72.9 Å². The van der Waals surface area contributed by atoms with Gasteiger partial charge in [0, 0.05) is 29.8 Å². The molecule has 0 spiro atoms. The molecule has 0 aliphatic heterocycles. The summed E-state index contributed by atoms with van der Waals surface area (Å²) in [6.45, 7) is 0.678. The van der Waals surface area contributed by atoms with Gasteiger partial charge in [-0.1, -0.05) is 24.3 Å². The lowest BCUT2D eigenvalue weighted by atomic mass is 10.2. The fourth-order valence-corrected chi connectivity index (χ4v) is 3.79. The van der Waals surface area contributed by atoms with E-state index in [1.807, 2.05) is 65.2 Å². The Morgan fingerprint density at radius 1 is 0.912 bits per heavy atom. The van der Waals surface area contributed by atoms with Gasteiger partial charge in [-0.25, -0.2) is 14.4 Å². The lowest BCUT2D eigenvalue weighted by Crippen LogP contribution is -2.08. The highest BCUT2D eigenvalue weighted by atomic mass is 19.1. The molecule has 2 heterocycles. The summed E-state index contributed by atoms with van der Waals surface area (Å²) >= 11 is 0.